The summed E-state index contributed by atoms with van der Waals surface area (Å²) >= 11 is 0. The van der Waals surface area contributed by atoms with Gasteiger partial charge in [-0.25, -0.2) is 0 Å². The second kappa shape index (κ2) is 8.59. The largest absolute Gasteiger partial charge is 0.370 e. The van der Waals surface area contributed by atoms with Gasteiger partial charge >= 0.3 is 0 Å². The minimum Gasteiger partial charge on any atom is -0.370 e. The van der Waals surface area contributed by atoms with E-state index >= 15 is 0 Å². The van der Waals surface area contributed by atoms with Crippen LogP contribution >= 0.6 is 0 Å². The number of nitrogens with zero attached hydrogens (tertiary/aromatic N) is 2. The number of hydrogen-bond donors (Lipinski definition) is 2. The first kappa shape index (κ1) is 16.5. The number of aliphatic imine (C=N–C) groups is 1. The maximum Gasteiger partial charge on any atom is 0.193 e. The van der Waals surface area contributed by atoms with Crippen molar-refractivity contribution in [3.8, 4) is 0 Å². The van der Waals surface area contributed by atoms with Crippen LogP contribution < -0.4 is 11.1 Å². The predicted molar refractivity (Wildman–Crippen MR) is 88.3 cm³/mol. The smallest absolute Gasteiger partial charge is 0.193 e. The molecular weight excluding hydrogens is 248 g/mol. The van der Waals surface area contributed by atoms with E-state index < -0.39 is 0 Å². The third-order valence-corrected chi connectivity index (χ3v) is 3.41. The highest BCUT2D eigenvalue weighted by Crippen LogP contribution is 2.10. The monoisotopic (exact) mass is 276 g/mol. The van der Waals surface area contributed by atoms with Crippen LogP contribution in [0.3, 0.4) is 0 Å². The van der Waals surface area contributed by atoms with Crippen molar-refractivity contribution in [1.82, 2.24) is 4.90 Å². The summed E-state index contributed by atoms with van der Waals surface area (Å²) in [5.74, 6) is 0.484. The summed E-state index contributed by atoms with van der Waals surface area (Å²) in [6, 6.07) is 8.81. The molecule has 4 nitrogen and oxygen atoms in total. The molecule has 0 bridgehead atoms. The second-order valence-corrected chi connectivity index (χ2v) is 5.17. The van der Waals surface area contributed by atoms with Crippen LogP contribution in [0.4, 0.5) is 5.69 Å². The van der Waals surface area contributed by atoms with Gasteiger partial charge < -0.3 is 11.1 Å². The molecule has 20 heavy (non-hydrogen) atoms. The number of rotatable bonds is 7. The van der Waals surface area contributed by atoms with E-state index in [0.717, 1.165) is 31.7 Å². The fourth-order valence-corrected chi connectivity index (χ4v) is 2.14. The van der Waals surface area contributed by atoms with Gasteiger partial charge in [0.1, 0.15) is 0 Å². The highest BCUT2D eigenvalue weighted by molar-refractivity contribution is 5.92. The zero-order chi connectivity index (χ0) is 15.0. The van der Waals surface area contributed by atoms with Gasteiger partial charge in [0.15, 0.2) is 5.96 Å². The van der Waals surface area contributed by atoms with Gasteiger partial charge in [-0.05, 0) is 44.5 Å². The van der Waals surface area contributed by atoms with Gasteiger partial charge in [0, 0.05) is 18.3 Å². The minimum atomic E-state index is 0.484. The van der Waals surface area contributed by atoms with Crippen LogP contribution in [0.25, 0.3) is 0 Å². The molecule has 0 saturated heterocycles. The summed E-state index contributed by atoms with van der Waals surface area (Å²) in [5, 5.41) is 3.15. The van der Waals surface area contributed by atoms with Crippen molar-refractivity contribution in [2.75, 3.05) is 25.0 Å². The summed E-state index contributed by atoms with van der Waals surface area (Å²) in [4.78, 5) is 6.76. The molecule has 0 amide bonds. The molecule has 0 radical (unpaired) electrons. The molecule has 0 atom stereocenters. The molecule has 0 fully saturated rings. The first-order valence-corrected chi connectivity index (χ1v) is 7.46. The molecule has 1 rings (SSSR count). The van der Waals surface area contributed by atoms with Gasteiger partial charge in [0.2, 0.25) is 0 Å². The Morgan fingerprint density at radius 1 is 1.35 bits per heavy atom. The van der Waals surface area contributed by atoms with E-state index in [-0.39, 0.29) is 0 Å². The van der Waals surface area contributed by atoms with Crippen molar-refractivity contribution in [2.45, 2.75) is 40.2 Å². The summed E-state index contributed by atoms with van der Waals surface area (Å²) in [5.41, 5.74) is 8.21. The van der Waals surface area contributed by atoms with E-state index in [0.29, 0.717) is 12.0 Å². The minimum absolute atomic E-state index is 0.484. The summed E-state index contributed by atoms with van der Waals surface area (Å²) in [7, 11) is 0. The summed E-state index contributed by atoms with van der Waals surface area (Å²) in [6.07, 6.45) is 1.02. The molecule has 0 aliphatic rings. The number of benzene rings is 1. The van der Waals surface area contributed by atoms with Crippen LogP contribution in [-0.4, -0.2) is 36.5 Å². The average Bonchev–Trinajstić information content (AvgIpc) is 2.43. The zero-order valence-corrected chi connectivity index (χ0v) is 13.2. The Morgan fingerprint density at radius 3 is 2.70 bits per heavy atom. The van der Waals surface area contributed by atoms with Crippen LogP contribution in [0.2, 0.25) is 0 Å². The lowest BCUT2D eigenvalue weighted by molar-refractivity contribution is 0.241. The standard InChI is InChI=1S/C16H28N4/c1-5-14-8-7-9-15(12-14)19-16(17)18-10-11-20(6-2)13(3)4/h7-9,12-13H,5-6,10-11H2,1-4H3,(H3,17,18,19). The highest BCUT2D eigenvalue weighted by atomic mass is 15.2. The zero-order valence-electron chi connectivity index (χ0n) is 13.2. The molecule has 112 valence electrons. The lowest BCUT2D eigenvalue weighted by atomic mass is 10.1. The van der Waals surface area contributed by atoms with Gasteiger partial charge in [-0.1, -0.05) is 26.0 Å². The summed E-state index contributed by atoms with van der Waals surface area (Å²) in [6.45, 7) is 11.4. The van der Waals surface area contributed by atoms with Gasteiger partial charge in [-0.2, -0.15) is 0 Å². The van der Waals surface area contributed by atoms with Crippen molar-refractivity contribution < 1.29 is 0 Å². The van der Waals surface area contributed by atoms with E-state index in [2.05, 4.69) is 55.0 Å². The van der Waals surface area contributed by atoms with Crippen molar-refractivity contribution in [1.29, 1.82) is 0 Å². The third kappa shape index (κ3) is 5.61. The normalized spacial score (nSPS) is 12.2. The van der Waals surface area contributed by atoms with Crippen molar-refractivity contribution in [3.63, 3.8) is 0 Å². The molecular formula is C16H28N4. The Kier molecular flexibility index (Phi) is 7.09. The number of nitrogens with two attached hydrogens (primary N) is 1. The van der Waals surface area contributed by atoms with Crippen molar-refractivity contribution in [3.05, 3.63) is 29.8 Å². The van der Waals surface area contributed by atoms with Crippen LogP contribution in [0.15, 0.2) is 29.3 Å². The predicted octanol–water partition coefficient (Wildman–Crippen LogP) is 2.71. The molecule has 0 aromatic heterocycles. The van der Waals surface area contributed by atoms with Gasteiger partial charge in [-0.3, -0.25) is 9.89 Å². The van der Waals surface area contributed by atoms with E-state index in [9.17, 15) is 0 Å². The van der Waals surface area contributed by atoms with Gasteiger partial charge in [-0.15, -0.1) is 0 Å². The Balaban J connectivity index is 2.48. The van der Waals surface area contributed by atoms with Gasteiger partial charge in [0.05, 0.1) is 6.54 Å². The number of likely N-dealkylation sites (N-methyl/N-ethyl adjacent to an activating group) is 1. The molecule has 0 saturated carbocycles. The Morgan fingerprint density at radius 2 is 2.10 bits per heavy atom. The maximum absolute atomic E-state index is 5.92. The molecule has 1 aromatic rings. The van der Waals surface area contributed by atoms with Crippen molar-refractivity contribution >= 4 is 11.6 Å². The number of nitrogens with one attached hydrogen (secondary N) is 1. The molecule has 0 unspecified atom stereocenters. The molecule has 0 spiro atoms. The Hall–Kier alpha value is -1.55. The Bertz CT molecular complexity index is 426. The van der Waals surface area contributed by atoms with E-state index in [1.165, 1.54) is 5.56 Å². The van der Waals surface area contributed by atoms with E-state index in [1.807, 2.05) is 12.1 Å². The first-order chi connectivity index (χ1) is 9.56. The molecule has 0 aliphatic heterocycles. The molecule has 1 aromatic carbocycles. The number of hydrogen-bond acceptors (Lipinski definition) is 2. The molecule has 0 aliphatic carbocycles. The van der Waals surface area contributed by atoms with Crippen LogP contribution in [0, 0.1) is 0 Å². The number of anilines is 1. The third-order valence-electron chi connectivity index (χ3n) is 3.41. The SMILES string of the molecule is CCc1cccc(NC(N)=NCCN(CC)C(C)C)c1. The van der Waals surface area contributed by atoms with Crippen LogP contribution in [-0.2, 0) is 6.42 Å². The average molecular weight is 276 g/mol. The topological polar surface area (TPSA) is 53.6 Å². The van der Waals surface area contributed by atoms with E-state index in [4.69, 9.17) is 5.73 Å². The highest BCUT2D eigenvalue weighted by Gasteiger charge is 2.05. The van der Waals surface area contributed by atoms with Crippen LogP contribution in [0.1, 0.15) is 33.3 Å². The van der Waals surface area contributed by atoms with Crippen molar-refractivity contribution in [2.24, 2.45) is 10.7 Å². The fraction of sp³-hybridized carbons (Fsp3) is 0.562. The summed E-state index contributed by atoms with van der Waals surface area (Å²) < 4.78 is 0. The molecule has 4 heteroatoms. The Labute approximate surface area is 123 Å². The van der Waals surface area contributed by atoms with E-state index in [1.54, 1.807) is 0 Å². The molecule has 0 heterocycles. The molecule has 3 N–H and O–H groups in total. The fourth-order valence-electron chi connectivity index (χ4n) is 2.14. The quantitative estimate of drug-likeness (QED) is 0.595. The van der Waals surface area contributed by atoms with Gasteiger partial charge in [0.25, 0.3) is 0 Å². The lowest BCUT2D eigenvalue weighted by Crippen LogP contribution is -2.33. The van der Waals surface area contributed by atoms with Crippen LogP contribution in [0.5, 0.6) is 0 Å². The first-order valence-electron chi connectivity index (χ1n) is 7.46. The second-order valence-electron chi connectivity index (χ2n) is 5.17. The number of aryl methyl sites for hydroxylation is 1. The lowest BCUT2D eigenvalue weighted by Gasteiger charge is -2.23. The number of guanidine groups is 1. The maximum atomic E-state index is 5.92.